The van der Waals surface area contributed by atoms with Crippen molar-refractivity contribution < 1.29 is 23.1 Å². The molecule has 0 heterocycles. The minimum Gasteiger partial charge on any atom is -0.465 e. The molecule has 1 rings (SSSR count). The molecule has 0 spiro atoms. The van der Waals surface area contributed by atoms with Crippen molar-refractivity contribution >= 4 is 11.9 Å². The van der Waals surface area contributed by atoms with Crippen LogP contribution in [0, 0.1) is 11.6 Å². The van der Waals surface area contributed by atoms with Gasteiger partial charge in [0, 0.05) is 6.54 Å². The average molecular weight is 271 g/mol. The molecule has 0 fully saturated rings. The van der Waals surface area contributed by atoms with E-state index in [9.17, 15) is 18.4 Å². The van der Waals surface area contributed by atoms with Crippen molar-refractivity contribution in [3.05, 3.63) is 35.4 Å². The first kappa shape index (κ1) is 15.1. The normalized spacial score (nSPS) is 10.1. The molecule has 0 aromatic heterocycles. The second-order valence-electron chi connectivity index (χ2n) is 3.75. The largest absolute Gasteiger partial charge is 0.465 e. The Morgan fingerprint density at radius 1 is 1.26 bits per heavy atom. The molecule has 0 bridgehead atoms. The second-order valence-corrected chi connectivity index (χ2v) is 3.75. The predicted molar refractivity (Wildman–Crippen MR) is 64.6 cm³/mol. The van der Waals surface area contributed by atoms with Crippen molar-refractivity contribution in [2.75, 3.05) is 19.7 Å². The van der Waals surface area contributed by atoms with Crippen molar-refractivity contribution in [2.24, 2.45) is 0 Å². The SMILES string of the molecule is CCOC(=O)CN(CC)C(=O)c1cc(F)ccc1F. The lowest BCUT2D eigenvalue weighted by Crippen LogP contribution is -2.36. The van der Waals surface area contributed by atoms with Crippen molar-refractivity contribution in [2.45, 2.75) is 13.8 Å². The maximum Gasteiger partial charge on any atom is 0.325 e. The lowest BCUT2D eigenvalue weighted by Gasteiger charge is -2.20. The van der Waals surface area contributed by atoms with Crippen LogP contribution in [-0.2, 0) is 9.53 Å². The molecule has 0 atom stereocenters. The number of rotatable bonds is 5. The highest BCUT2D eigenvalue weighted by Crippen LogP contribution is 2.12. The van der Waals surface area contributed by atoms with Crippen molar-refractivity contribution in [1.82, 2.24) is 4.90 Å². The Balaban J connectivity index is 2.89. The van der Waals surface area contributed by atoms with Gasteiger partial charge < -0.3 is 9.64 Å². The fraction of sp³-hybridized carbons (Fsp3) is 0.385. The number of ether oxygens (including phenoxy) is 1. The van der Waals surface area contributed by atoms with E-state index in [0.717, 1.165) is 23.1 Å². The van der Waals surface area contributed by atoms with E-state index in [4.69, 9.17) is 4.74 Å². The zero-order chi connectivity index (χ0) is 14.4. The van der Waals surface area contributed by atoms with Crippen LogP contribution in [0.15, 0.2) is 18.2 Å². The van der Waals surface area contributed by atoms with E-state index in [1.165, 1.54) is 0 Å². The summed E-state index contributed by atoms with van der Waals surface area (Å²) >= 11 is 0. The Morgan fingerprint density at radius 3 is 2.53 bits per heavy atom. The quantitative estimate of drug-likeness (QED) is 0.769. The van der Waals surface area contributed by atoms with Crippen LogP contribution in [0.5, 0.6) is 0 Å². The summed E-state index contributed by atoms with van der Waals surface area (Å²) in [6.07, 6.45) is 0. The molecule has 0 saturated heterocycles. The molecule has 1 amide bonds. The summed E-state index contributed by atoms with van der Waals surface area (Å²) in [7, 11) is 0. The predicted octanol–water partition coefficient (Wildman–Crippen LogP) is 1.99. The number of amides is 1. The average Bonchev–Trinajstić information content (AvgIpc) is 2.38. The number of esters is 1. The van der Waals surface area contributed by atoms with Crippen molar-refractivity contribution in [3.63, 3.8) is 0 Å². The number of hydrogen-bond acceptors (Lipinski definition) is 3. The van der Waals surface area contributed by atoms with E-state index < -0.39 is 29.1 Å². The fourth-order valence-corrected chi connectivity index (χ4v) is 1.52. The van der Waals surface area contributed by atoms with Gasteiger partial charge in [-0.3, -0.25) is 9.59 Å². The Bertz CT molecular complexity index is 477. The Labute approximate surface area is 110 Å². The van der Waals surface area contributed by atoms with Gasteiger partial charge in [-0.05, 0) is 32.0 Å². The van der Waals surface area contributed by atoms with Gasteiger partial charge in [0.1, 0.15) is 18.2 Å². The Morgan fingerprint density at radius 2 is 1.95 bits per heavy atom. The molecule has 0 unspecified atom stereocenters. The molecule has 19 heavy (non-hydrogen) atoms. The molecular weight excluding hydrogens is 256 g/mol. The van der Waals surface area contributed by atoms with Gasteiger partial charge in [-0.15, -0.1) is 0 Å². The van der Waals surface area contributed by atoms with Crippen LogP contribution in [0.3, 0.4) is 0 Å². The van der Waals surface area contributed by atoms with Crippen LogP contribution in [0.4, 0.5) is 8.78 Å². The Hall–Kier alpha value is -1.98. The summed E-state index contributed by atoms with van der Waals surface area (Å²) < 4.78 is 31.2. The third-order valence-corrected chi connectivity index (χ3v) is 2.45. The zero-order valence-corrected chi connectivity index (χ0v) is 10.8. The first-order valence-electron chi connectivity index (χ1n) is 5.89. The highest BCUT2D eigenvalue weighted by atomic mass is 19.1. The van der Waals surface area contributed by atoms with Crippen LogP contribution in [-0.4, -0.2) is 36.5 Å². The number of halogens is 2. The second kappa shape index (κ2) is 6.82. The first-order chi connectivity index (χ1) is 8.99. The van der Waals surface area contributed by atoms with E-state index in [2.05, 4.69) is 0 Å². The van der Waals surface area contributed by atoms with E-state index in [1.807, 2.05) is 0 Å². The molecule has 1 aromatic carbocycles. The summed E-state index contributed by atoms with van der Waals surface area (Å²) in [6, 6.07) is 2.61. The lowest BCUT2D eigenvalue weighted by atomic mass is 10.1. The van der Waals surface area contributed by atoms with Gasteiger partial charge in [0.2, 0.25) is 0 Å². The van der Waals surface area contributed by atoms with Crippen LogP contribution < -0.4 is 0 Å². The third-order valence-electron chi connectivity index (χ3n) is 2.45. The summed E-state index contributed by atoms with van der Waals surface area (Å²) in [4.78, 5) is 24.4. The van der Waals surface area contributed by atoms with Gasteiger partial charge in [0.25, 0.3) is 5.91 Å². The molecule has 0 aliphatic carbocycles. The maximum absolute atomic E-state index is 13.5. The molecule has 0 aliphatic rings. The van der Waals surface area contributed by atoms with Gasteiger partial charge >= 0.3 is 5.97 Å². The van der Waals surface area contributed by atoms with Crippen LogP contribution in [0.2, 0.25) is 0 Å². The standard InChI is InChI=1S/C13H15F2NO3/c1-3-16(8-12(17)19-4-2)13(18)10-7-9(14)5-6-11(10)15/h5-7H,3-4,8H2,1-2H3. The molecule has 6 heteroatoms. The molecule has 0 aliphatic heterocycles. The van der Waals surface area contributed by atoms with Gasteiger partial charge in [-0.2, -0.15) is 0 Å². The monoisotopic (exact) mass is 271 g/mol. The van der Waals surface area contributed by atoms with Crippen LogP contribution in [0.25, 0.3) is 0 Å². The number of nitrogens with zero attached hydrogens (tertiary/aromatic N) is 1. The van der Waals surface area contributed by atoms with Crippen LogP contribution >= 0.6 is 0 Å². The molecule has 104 valence electrons. The van der Waals surface area contributed by atoms with Gasteiger partial charge in [0.15, 0.2) is 0 Å². The fourth-order valence-electron chi connectivity index (χ4n) is 1.52. The highest BCUT2D eigenvalue weighted by molar-refractivity contribution is 5.96. The summed E-state index contributed by atoms with van der Waals surface area (Å²) in [5, 5.41) is 0. The van der Waals surface area contributed by atoms with Crippen LogP contribution in [0.1, 0.15) is 24.2 Å². The third kappa shape index (κ3) is 4.01. The smallest absolute Gasteiger partial charge is 0.325 e. The number of likely N-dealkylation sites (N-methyl/N-ethyl adjacent to an activating group) is 1. The maximum atomic E-state index is 13.5. The van der Waals surface area contributed by atoms with E-state index >= 15 is 0 Å². The van der Waals surface area contributed by atoms with E-state index in [0.29, 0.717) is 0 Å². The van der Waals surface area contributed by atoms with Gasteiger partial charge in [-0.1, -0.05) is 0 Å². The number of carbonyl (C=O) groups excluding carboxylic acids is 2. The van der Waals surface area contributed by atoms with Crippen molar-refractivity contribution in [3.8, 4) is 0 Å². The minimum atomic E-state index is -0.825. The summed E-state index contributed by atoms with van der Waals surface area (Å²) in [5.41, 5.74) is -0.397. The highest BCUT2D eigenvalue weighted by Gasteiger charge is 2.21. The molecule has 0 radical (unpaired) electrons. The van der Waals surface area contributed by atoms with Gasteiger partial charge in [-0.25, -0.2) is 8.78 Å². The molecule has 4 nitrogen and oxygen atoms in total. The lowest BCUT2D eigenvalue weighted by molar-refractivity contribution is -0.143. The topological polar surface area (TPSA) is 46.6 Å². The molecular formula is C13H15F2NO3. The minimum absolute atomic E-state index is 0.188. The number of carbonyl (C=O) groups is 2. The molecule has 0 N–H and O–H groups in total. The zero-order valence-electron chi connectivity index (χ0n) is 10.8. The van der Waals surface area contributed by atoms with Gasteiger partial charge in [0.05, 0.1) is 12.2 Å². The number of benzene rings is 1. The van der Waals surface area contributed by atoms with Crippen molar-refractivity contribution in [1.29, 1.82) is 0 Å². The van der Waals surface area contributed by atoms with E-state index in [-0.39, 0.29) is 19.7 Å². The summed E-state index contributed by atoms with van der Waals surface area (Å²) in [6.45, 7) is 3.36. The molecule has 0 saturated carbocycles. The molecule has 1 aromatic rings. The first-order valence-corrected chi connectivity index (χ1v) is 5.89. The number of hydrogen-bond donors (Lipinski definition) is 0. The summed E-state index contributed by atoms with van der Waals surface area (Å²) in [5.74, 6) is -2.87. The van der Waals surface area contributed by atoms with E-state index in [1.54, 1.807) is 13.8 Å². The Kier molecular flexibility index (Phi) is 5.41.